The van der Waals surface area contributed by atoms with Gasteiger partial charge in [0, 0.05) is 0 Å². The zero-order valence-corrected chi connectivity index (χ0v) is 15.4. The van der Waals surface area contributed by atoms with E-state index in [1.54, 1.807) is 0 Å². The van der Waals surface area contributed by atoms with Crippen LogP contribution in [0.4, 0.5) is 0 Å². The molecule has 0 saturated heterocycles. The summed E-state index contributed by atoms with van der Waals surface area (Å²) in [6.45, 7) is 16.2. The third-order valence-electron chi connectivity index (χ3n) is 4.27. The van der Waals surface area contributed by atoms with Gasteiger partial charge in [0.25, 0.3) is 0 Å². The van der Waals surface area contributed by atoms with Crippen molar-refractivity contribution in [3.63, 3.8) is 0 Å². The minimum absolute atomic E-state index is 0.371. The Morgan fingerprint density at radius 2 is 1.72 bits per heavy atom. The summed E-state index contributed by atoms with van der Waals surface area (Å²) < 4.78 is 0. The van der Waals surface area contributed by atoms with Crippen LogP contribution in [-0.4, -0.2) is 17.6 Å². The molecule has 0 spiro atoms. The Morgan fingerprint density at radius 3 is 2.28 bits per heavy atom. The van der Waals surface area contributed by atoms with Crippen LogP contribution in [0.5, 0.6) is 0 Å². The smallest absolute Gasteiger partial charge is 0.137 e. The molecule has 0 aliphatic carbocycles. The number of benzene rings is 1. The Hall–Kier alpha value is -0.786. The molecule has 0 bridgehead atoms. The molecule has 0 heterocycles. The molecule has 18 heavy (non-hydrogen) atoms. The highest BCUT2D eigenvalue weighted by Gasteiger charge is 2.33. The predicted molar refractivity (Wildman–Crippen MR) is 89.1 cm³/mol. The van der Waals surface area contributed by atoms with Crippen molar-refractivity contribution in [3.8, 4) is 11.1 Å². The first-order chi connectivity index (χ1) is 8.15. The Labute approximate surface area is 116 Å². The number of rotatable bonds is 1. The minimum Gasteiger partial charge on any atom is -0.141 e. The van der Waals surface area contributed by atoms with Crippen molar-refractivity contribution < 1.29 is 0 Å². The van der Waals surface area contributed by atoms with Gasteiger partial charge in [-0.15, -0.1) is 11.1 Å². The monoisotopic (exact) mass is 274 g/mol. The molecule has 0 amide bonds. The van der Waals surface area contributed by atoms with E-state index in [1.165, 1.54) is 16.3 Å². The fourth-order valence-corrected chi connectivity index (χ4v) is 5.04. The normalized spacial score (nSPS) is 12.6. The van der Waals surface area contributed by atoms with Crippen molar-refractivity contribution in [3.05, 3.63) is 29.3 Å². The van der Waals surface area contributed by atoms with Crippen molar-refractivity contribution in [2.45, 2.75) is 52.8 Å². The fourth-order valence-electron chi connectivity index (χ4n) is 1.55. The fraction of sp³-hybridized carbons (Fsp3) is 0.500. The Kier molecular flexibility index (Phi) is 4.63. The van der Waals surface area contributed by atoms with Crippen LogP contribution >= 0.6 is 0 Å². The van der Waals surface area contributed by atoms with Crippen molar-refractivity contribution in [2.24, 2.45) is 0 Å². The van der Waals surface area contributed by atoms with Gasteiger partial charge in [0.2, 0.25) is 0 Å². The maximum Gasteiger partial charge on any atom is 0.137 e. The van der Waals surface area contributed by atoms with E-state index in [2.05, 4.69) is 77.0 Å². The second-order valence-electron chi connectivity index (χ2n) is 6.71. The lowest BCUT2D eigenvalue weighted by molar-refractivity contribution is 0.731. The van der Waals surface area contributed by atoms with E-state index in [4.69, 9.17) is 0 Å². The predicted octanol–water partition coefficient (Wildman–Crippen LogP) is 3.11. The van der Waals surface area contributed by atoms with Crippen LogP contribution in [0, 0.1) is 24.9 Å². The van der Waals surface area contributed by atoms with Crippen LogP contribution < -0.4 is 5.19 Å². The average Bonchev–Trinajstić information content (AvgIpc) is 2.22. The molecule has 1 rings (SSSR count). The molecule has 0 aromatic heterocycles. The zero-order chi connectivity index (χ0) is 14.0. The molecule has 0 atom stereocenters. The van der Waals surface area contributed by atoms with Crippen LogP contribution in [0.1, 0.15) is 31.9 Å². The van der Waals surface area contributed by atoms with E-state index in [1.807, 2.05) is 0 Å². The molecule has 1 aromatic carbocycles. The summed E-state index contributed by atoms with van der Waals surface area (Å²) in [6.07, 6.45) is 0. The molecule has 0 unspecified atom stereocenters. The standard InChI is InChI=1S/C16H26Si2/c1-13-9-8-10-15(14(13)2)17-11-12-18(6,7)16(3,4)5/h8-10H,17H2,1-7H3. The van der Waals surface area contributed by atoms with E-state index >= 15 is 0 Å². The molecule has 1 aromatic rings. The van der Waals surface area contributed by atoms with Gasteiger partial charge in [-0.05, 0) is 35.2 Å². The van der Waals surface area contributed by atoms with Gasteiger partial charge in [-0.1, -0.05) is 52.1 Å². The van der Waals surface area contributed by atoms with E-state index in [0.717, 1.165) is 0 Å². The van der Waals surface area contributed by atoms with Crippen LogP contribution in [0.2, 0.25) is 18.1 Å². The van der Waals surface area contributed by atoms with Crippen molar-refractivity contribution >= 4 is 22.8 Å². The maximum absolute atomic E-state index is 3.64. The number of hydrogen-bond acceptors (Lipinski definition) is 0. The molecular formula is C16H26Si2. The van der Waals surface area contributed by atoms with Gasteiger partial charge in [0.05, 0.1) is 0 Å². The van der Waals surface area contributed by atoms with E-state index in [0.29, 0.717) is 5.04 Å². The van der Waals surface area contributed by atoms with E-state index in [-0.39, 0.29) is 0 Å². The Morgan fingerprint density at radius 1 is 1.11 bits per heavy atom. The number of aryl methyl sites for hydroxylation is 1. The summed E-state index contributed by atoms with van der Waals surface area (Å²) in [6, 6.07) is 6.61. The maximum atomic E-state index is 3.64. The first kappa shape index (κ1) is 15.3. The lowest BCUT2D eigenvalue weighted by Crippen LogP contribution is -2.36. The topological polar surface area (TPSA) is 0 Å². The van der Waals surface area contributed by atoms with Crippen LogP contribution in [0.3, 0.4) is 0 Å². The van der Waals surface area contributed by atoms with Crippen molar-refractivity contribution in [1.29, 1.82) is 0 Å². The van der Waals surface area contributed by atoms with Gasteiger partial charge >= 0.3 is 0 Å². The molecular weight excluding hydrogens is 248 g/mol. The quantitative estimate of drug-likeness (QED) is 0.545. The molecule has 0 fully saturated rings. The molecule has 0 aliphatic rings. The third kappa shape index (κ3) is 3.60. The zero-order valence-electron chi connectivity index (χ0n) is 12.9. The summed E-state index contributed by atoms with van der Waals surface area (Å²) in [5.41, 5.74) is 10.1. The molecule has 2 heteroatoms. The van der Waals surface area contributed by atoms with Gasteiger partial charge in [-0.25, -0.2) is 0 Å². The van der Waals surface area contributed by atoms with Crippen molar-refractivity contribution in [2.75, 3.05) is 0 Å². The second kappa shape index (κ2) is 5.46. The minimum atomic E-state index is -1.42. The lowest BCUT2D eigenvalue weighted by atomic mass is 10.1. The highest BCUT2D eigenvalue weighted by Crippen LogP contribution is 2.34. The SMILES string of the molecule is Cc1cccc([SiH2]C#C[Si](C)(C)C(C)(C)C)c1C. The summed E-state index contributed by atoms with van der Waals surface area (Å²) in [7, 11) is -1.84. The molecule has 0 saturated carbocycles. The highest BCUT2D eigenvalue weighted by atomic mass is 28.3. The first-order valence-electron chi connectivity index (χ1n) is 6.70. The van der Waals surface area contributed by atoms with E-state index in [9.17, 15) is 0 Å². The average molecular weight is 275 g/mol. The summed E-state index contributed by atoms with van der Waals surface area (Å²) >= 11 is 0. The lowest BCUT2D eigenvalue weighted by Gasteiger charge is -2.31. The van der Waals surface area contributed by atoms with Gasteiger partial charge < -0.3 is 0 Å². The third-order valence-corrected chi connectivity index (χ3v) is 10.7. The summed E-state index contributed by atoms with van der Waals surface area (Å²) in [5.74, 6) is 0. The molecule has 0 nitrogen and oxygen atoms in total. The summed E-state index contributed by atoms with van der Waals surface area (Å²) in [4.78, 5) is 0. The van der Waals surface area contributed by atoms with E-state index < -0.39 is 17.6 Å². The van der Waals surface area contributed by atoms with Gasteiger partial charge in [0.15, 0.2) is 0 Å². The molecule has 0 aliphatic heterocycles. The van der Waals surface area contributed by atoms with Crippen LogP contribution in [0.15, 0.2) is 18.2 Å². The van der Waals surface area contributed by atoms with Gasteiger partial charge in [-0.2, -0.15) is 0 Å². The van der Waals surface area contributed by atoms with Crippen molar-refractivity contribution in [1.82, 2.24) is 0 Å². The van der Waals surface area contributed by atoms with Crippen LogP contribution in [-0.2, 0) is 0 Å². The molecule has 0 N–H and O–H groups in total. The Balaban J connectivity index is 2.87. The largest absolute Gasteiger partial charge is 0.141 e. The first-order valence-corrected chi connectivity index (χ1v) is 11.1. The van der Waals surface area contributed by atoms with Crippen LogP contribution in [0.25, 0.3) is 0 Å². The second-order valence-corrected chi connectivity index (χ2v) is 13.2. The van der Waals surface area contributed by atoms with Gasteiger partial charge in [-0.3, -0.25) is 0 Å². The highest BCUT2D eigenvalue weighted by molar-refractivity contribution is 6.88. The molecule has 98 valence electrons. The Bertz CT molecular complexity index is 482. The van der Waals surface area contributed by atoms with Gasteiger partial charge in [0.1, 0.15) is 17.6 Å². The summed E-state index contributed by atoms with van der Waals surface area (Å²) in [5, 5.41) is 1.89. The molecule has 0 radical (unpaired) electrons. The number of hydrogen-bond donors (Lipinski definition) is 0.